The van der Waals surface area contributed by atoms with Crippen molar-refractivity contribution in [1.29, 1.82) is 0 Å². The van der Waals surface area contributed by atoms with Crippen LogP contribution in [0.1, 0.15) is 24.8 Å². The van der Waals surface area contributed by atoms with Crippen LogP contribution in [0.2, 0.25) is 0 Å². The van der Waals surface area contributed by atoms with Crippen LogP contribution in [0.5, 0.6) is 5.75 Å². The molecular weight excluding hydrogens is 316 g/mol. The highest BCUT2D eigenvalue weighted by atomic mass is 16.5. The van der Waals surface area contributed by atoms with Crippen molar-refractivity contribution in [1.82, 2.24) is 0 Å². The van der Waals surface area contributed by atoms with E-state index in [9.17, 15) is 14.4 Å². The lowest BCUT2D eigenvalue weighted by Crippen LogP contribution is -2.21. The maximum absolute atomic E-state index is 12.1. The van der Waals surface area contributed by atoms with Crippen LogP contribution in [-0.4, -0.2) is 32.8 Å². The Morgan fingerprint density at radius 3 is 2.58 bits per heavy atom. The molecule has 1 unspecified atom stereocenters. The number of carbonyl (C=O) groups is 2. The Kier molecular flexibility index (Phi) is 5.57. The highest BCUT2D eigenvalue weighted by molar-refractivity contribution is 5.91. The van der Waals surface area contributed by atoms with Crippen LogP contribution < -0.4 is 10.4 Å². The topological polar surface area (TPSA) is 92.0 Å². The molecule has 0 saturated heterocycles. The molecule has 1 aromatic carbocycles. The van der Waals surface area contributed by atoms with Crippen molar-refractivity contribution in [2.45, 2.75) is 19.3 Å². The van der Waals surface area contributed by atoms with E-state index in [-0.39, 0.29) is 18.6 Å². The first-order chi connectivity index (χ1) is 11.5. The summed E-state index contributed by atoms with van der Waals surface area (Å²) in [6.07, 6.45) is -0.231. The first-order valence-corrected chi connectivity index (χ1v) is 7.35. The highest BCUT2D eigenvalue weighted by Gasteiger charge is 2.28. The van der Waals surface area contributed by atoms with Gasteiger partial charge in [0.15, 0.2) is 0 Å². The van der Waals surface area contributed by atoms with Crippen molar-refractivity contribution >= 4 is 22.9 Å². The third-order valence-corrected chi connectivity index (χ3v) is 3.52. The molecule has 128 valence electrons. The molecule has 0 radical (unpaired) electrons. The molecule has 1 heterocycles. The molecule has 0 saturated carbocycles. The van der Waals surface area contributed by atoms with Gasteiger partial charge in [-0.15, -0.1) is 0 Å². The summed E-state index contributed by atoms with van der Waals surface area (Å²) in [5.74, 6) is -1.65. The smallest absolute Gasteiger partial charge is 0.336 e. The van der Waals surface area contributed by atoms with Crippen molar-refractivity contribution in [2.24, 2.45) is 0 Å². The van der Waals surface area contributed by atoms with Gasteiger partial charge in [-0.3, -0.25) is 9.59 Å². The summed E-state index contributed by atoms with van der Waals surface area (Å²) >= 11 is 0. The Hall–Kier alpha value is -2.83. The fourth-order valence-electron chi connectivity index (χ4n) is 2.43. The first-order valence-electron chi connectivity index (χ1n) is 7.35. The van der Waals surface area contributed by atoms with Crippen LogP contribution in [0.15, 0.2) is 33.5 Å². The minimum Gasteiger partial charge on any atom is -0.497 e. The molecule has 0 N–H and O–H groups in total. The molecule has 0 aliphatic heterocycles. The minimum absolute atomic E-state index is 0.196. The highest BCUT2D eigenvalue weighted by Crippen LogP contribution is 2.30. The Morgan fingerprint density at radius 1 is 1.21 bits per heavy atom. The third-order valence-electron chi connectivity index (χ3n) is 3.52. The van der Waals surface area contributed by atoms with Gasteiger partial charge >= 0.3 is 17.6 Å². The average molecular weight is 334 g/mol. The number of fused-ring (bicyclic) bond motifs is 1. The normalized spacial score (nSPS) is 11.8. The quantitative estimate of drug-likeness (QED) is 0.589. The van der Waals surface area contributed by atoms with Gasteiger partial charge in [-0.1, -0.05) is 0 Å². The summed E-state index contributed by atoms with van der Waals surface area (Å²) in [6.45, 7) is 1.87. The molecule has 0 bridgehead atoms. The summed E-state index contributed by atoms with van der Waals surface area (Å²) in [7, 11) is 2.71. The molecular formula is C17H18O7. The van der Waals surface area contributed by atoms with E-state index in [2.05, 4.69) is 0 Å². The number of hydrogen-bond donors (Lipinski definition) is 0. The van der Waals surface area contributed by atoms with Crippen LogP contribution in [0.25, 0.3) is 11.0 Å². The molecule has 0 amide bonds. The zero-order chi connectivity index (χ0) is 17.7. The summed E-state index contributed by atoms with van der Waals surface area (Å²) < 4.78 is 19.9. The Labute approximate surface area is 138 Å². The number of esters is 2. The predicted octanol–water partition coefficient (Wildman–Crippen LogP) is 2.01. The minimum atomic E-state index is -0.964. The molecule has 1 atom stereocenters. The largest absolute Gasteiger partial charge is 0.497 e. The molecule has 2 rings (SSSR count). The molecule has 7 nitrogen and oxygen atoms in total. The summed E-state index contributed by atoms with van der Waals surface area (Å²) in [6, 6.07) is 6.06. The lowest BCUT2D eigenvalue weighted by atomic mass is 9.93. The van der Waals surface area contributed by atoms with Gasteiger partial charge in [-0.05, 0) is 24.6 Å². The van der Waals surface area contributed by atoms with Crippen LogP contribution in [0.4, 0.5) is 0 Å². The van der Waals surface area contributed by atoms with Crippen molar-refractivity contribution in [3.05, 3.63) is 40.2 Å². The second kappa shape index (κ2) is 7.63. The molecule has 24 heavy (non-hydrogen) atoms. The van der Waals surface area contributed by atoms with Crippen LogP contribution in [-0.2, 0) is 19.1 Å². The fourth-order valence-corrected chi connectivity index (χ4v) is 2.43. The van der Waals surface area contributed by atoms with Crippen molar-refractivity contribution in [2.75, 3.05) is 20.8 Å². The van der Waals surface area contributed by atoms with Crippen molar-refractivity contribution < 1.29 is 28.2 Å². The van der Waals surface area contributed by atoms with E-state index < -0.39 is 23.5 Å². The Balaban J connectivity index is 2.58. The van der Waals surface area contributed by atoms with E-state index >= 15 is 0 Å². The van der Waals surface area contributed by atoms with E-state index in [1.54, 1.807) is 25.1 Å². The van der Waals surface area contributed by atoms with E-state index in [0.717, 1.165) is 0 Å². The lowest BCUT2D eigenvalue weighted by Gasteiger charge is -2.16. The predicted molar refractivity (Wildman–Crippen MR) is 85.0 cm³/mol. The molecule has 1 aromatic heterocycles. The van der Waals surface area contributed by atoms with Crippen molar-refractivity contribution in [3.63, 3.8) is 0 Å². The van der Waals surface area contributed by atoms with Gasteiger partial charge in [-0.25, -0.2) is 4.79 Å². The van der Waals surface area contributed by atoms with Gasteiger partial charge in [-0.2, -0.15) is 0 Å². The number of ether oxygens (including phenoxy) is 3. The Morgan fingerprint density at radius 2 is 1.96 bits per heavy atom. The van der Waals surface area contributed by atoms with Gasteiger partial charge in [0.05, 0.1) is 33.2 Å². The van der Waals surface area contributed by atoms with Gasteiger partial charge in [0.25, 0.3) is 0 Å². The molecule has 2 aromatic rings. The van der Waals surface area contributed by atoms with Gasteiger partial charge in [0.1, 0.15) is 11.3 Å². The number of rotatable bonds is 6. The van der Waals surface area contributed by atoms with Gasteiger partial charge < -0.3 is 18.6 Å². The maximum atomic E-state index is 12.1. The molecule has 7 heteroatoms. The summed E-state index contributed by atoms with van der Waals surface area (Å²) in [4.78, 5) is 35.8. The van der Waals surface area contributed by atoms with Crippen LogP contribution >= 0.6 is 0 Å². The summed E-state index contributed by atoms with van der Waals surface area (Å²) in [5, 5.41) is 0.523. The zero-order valence-corrected chi connectivity index (χ0v) is 13.7. The molecule has 0 spiro atoms. The Bertz CT molecular complexity index is 806. The van der Waals surface area contributed by atoms with E-state index in [0.29, 0.717) is 16.7 Å². The first kappa shape index (κ1) is 17.5. The van der Waals surface area contributed by atoms with Gasteiger partial charge in [0.2, 0.25) is 0 Å². The maximum Gasteiger partial charge on any atom is 0.336 e. The lowest BCUT2D eigenvalue weighted by molar-refractivity contribution is -0.150. The zero-order valence-electron chi connectivity index (χ0n) is 13.7. The van der Waals surface area contributed by atoms with E-state index in [1.807, 2.05) is 0 Å². The molecule has 0 aliphatic carbocycles. The SMILES string of the molecule is CCOC(=O)CC(C(=O)OC)c1cc(=O)oc2cc(OC)ccc12. The molecule has 0 aliphatic rings. The second-order valence-electron chi connectivity index (χ2n) is 4.97. The standard InChI is InChI=1S/C17H18O7/c1-4-23-15(18)9-13(17(20)22-3)12-8-16(19)24-14-7-10(21-2)5-6-11(12)14/h5-8,13H,4,9H2,1-3H3. The monoisotopic (exact) mass is 334 g/mol. The third kappa shape index (κ3) is 3.73. The number of benzene rings is 1. The molecule has 0 fully saturated rings. The summed E-state index contributed by atoms with van der Waals surface area (Å²) in [5.41, 5.74) is -0.0260. The number of methoxy groups -OCH3 is 2. The second-order valence-corrected chi connectivity index (χ2v) is 4.97. The van der Waals surface area contributed by atoms with E-state index in [4.69, 9.17) is 18.6 Å². The van der Waals surface area contributed by atoms with Crippen LogP contribution in [0, 0.1) is 0 Å². The van der Waals surface area contributed by atoms with Crippen LogP contribution in [0.3, 0.4) is 0 Å². The number of hydrogen-bond acceptors (Lipinski definition) is 7. The van der Waals surface area contributed by atoms with Gasteiger partial charge in [0, 0.05) is 17.5 Å². The average Bonchev–Trinajstić information content (AvgIpc) is 2.57. The van der Waals surface area contributed by atoms with Crippen molar-refractivity contribution in [3.8, 4) is 5.75 Å². The van der Waals surface area contributed by atoms with E-state index in [1.165, 1.54) is 20.3 Å². The fraction of sp³-hybridized carbons (Fsp3) is 0.353. The number of carbonyl (C=O) groups excluding carboxylic acids is 2.